The topological polar surface area (TPSA) is 38.8 Å². The van der Waals surface area contributed by atoms with E-state index in [0.717, 1.165) is 53.2 Å². The largest absolute Gasteiger partial charge is 0.497 e. The number of hydrogen-bond donors (Lipinski definition) is 0. The zero-order chi connectivity index (χ0) is 23.3. The number of carbonyl (C=O) groups excluding carboxylic acids is 1. The molecule has 174 valence electrons. The lowest BCUT2D eigenvalue weighted by molar-refractivity contribution is 0.105. The number of fused-ring (bicyclic) bond motifs is 1. The number of aryl methyl sites for hydroxylation is 1. The van der Waals surface area contributed by atoms with Crippen molar-refractivity contribution in [3.63, 3.8) is 0 Å². The molecule has 0 atom stereocenters. The predicted molar refractivity (Wildman–Crippen MR) is 137 cm³/mol. The first kappa shape index (κ1) is 22.4. The number of methoxy groups -OCH3 is 1. The Bertz CT molecular complexity index is 1170. The molecule has 4 heteroatoms. The Hall–Kier alpha value is -3.37. The number of carbonyl (C=O) groups is 1. The SMILES string of the molecule is COc1ccc(C2=C(C(=O)c3ccc(OCCN4CCCC4)cc3)c3ccccc3CC2)cc1. The van der Waals surface area contributed by atoms with E-state index in [1.807, 2.05) is 60.7 Å². The van der Waals surface area contributed by atoms with Crippen LogP contribution in [-0.2, 0) is 6.42 Å². The van der Waals surface area contributed by atoms with Gasteiger partial charge in [-0.3, -0.25) is 9.69 Å². The van der Waals surface area contributed by atoms with Gasteiger partial charge in [-0.25, -0.2) is 0 Å². The first-order chi connectivity index (χ1) is 16.7. The molecule has 2 aliphatic rings. The third-order valence-corrected chi connectivity index (χ3v) is 6.89. The van der Waals surface area contributed by atoms with Gasteiger partial charge in [-0.15, -0.1) is 0 Å². The zero-order valence-electron chi connectivity index (χ0n) is 19.8. The highest BCUT2D eigenvalue weighted by Gasteiger charge is 2.26. The minimum atomic E-state index is 0.0570. The van der Waals surface area contributed by atoms with E-state index < -0.39 is 0 Å². The van der Waals surface area contributed by atoms with Crippen LogP contribution in [0.4, 0.5) is 0 Å². The van der Waals surface area contributed by atoms with E-state index in [-0.39, 0.29) is 5.78 Å². The van der Waals surface area contributed by atoms with Gasteiger partial charge in [0.2, 0.25) is 0 Å². The second-order valence-corrected chi connectivity index (χ2v) is 8.99. The molecule has 0 radical (unpaired) electrons. The van der Waals surface area contributed by atoms with Gasteiger partial charge in [0.05, 0.1) is 7.11 Å². The maximum atomic E-state index is 13.8. The maximum absolute atomic E-state index is 13.8. The van der Waals surface area contributed by atoms with Gasteiger partial charge >= 0.3 is 0 Å². The lowest BCUT2D eigenvalue weighted by atomic mass is 9.79. The van der Waals surface area contributed by atoms with Crippen molar-refractivity contribution in [3.8, 4) is 11.5 Å². The van der Waals surface area contributed by atoms with Crippen LogP contribution in [0.2, 0.25) is 0 Å². The van der Waals surface area contributed by atoms with E-state index in [1.54, 1.807) is 7.11 Å². The van der Waals surface area contributed by atoms with Crippen molar-refractivity contribution in [3.05, 3.63) is 95.1 Å². The Balaban J connectivity index is 1.41. The van der Waals surface area contributed by atoms with Gasteiger partial charge in [0.1, 0.15) is 18.1 Å². The number of benzene rings is 3. The van der Waals surface area contributed by atoms with Gasteiger partial charge in [-0.05, 0) is 97.4 Å². The summed E-state index contributed by atoms with van der Waals surface area (Å²) < 4.78 is 11.3. The highest BCUT2D eigenvalue weighted by Crippen LogP contribution is 2.39. The summed E-state index contributed by atoms with van der Waals surface area (Å²) in [6.07, 6.45) is 4.34. The molecule has 0 amide bonds. The molecule has 1 aliphatic carbocycles. The summed E-state index contributed by atoms with van der Waals surface area (Å²) in [5.41, 5.74) is 5.91. The molecule has 34 heavy (non-hydrogen) atoms. The standard InChI is InChI=1S/C30H31NO3/c1-33-25-13-8-23(9-14-25)28-17-12-22-6-2-3-7-27(22)29(28)30(32)24-10-15-26(16-11-24)34-21-20-31-18-4-5-19-31/h2-3,6-11,13-16H,4-5,12,17-21H2,1H3. The number of ether oxygens (including phenoxy) is 2. The summed E-state index contributed by atoms with van der Waals surface area (Å²) >= 11 is 0. The van der Waals surface area contributed by atoms with E-state index in [1.165, 1.54) is 31.5 Å². The summed E-state index contributed by atoms with van der Waals surface area (Å²) in [4.78, 5) is 16.3. The molecular formula is C30H31NO3. The minimum absolute atomic E-state index is 0.0570. The Kier molecular flexibility index (Phi) is 6.77. The molecule has 1 saturated heterocycles. The lowest BCUT2D eigenvalue weighted by Crippen LogP contribution is -2.25. The molecule has 3 aromatic carbocycles. The second-order valence-electron chi connectivity index (χ2n) is 8.99. The van der Waals surface area contributed by atoms with Gasteiger partial charge in [0.15, 0.2) is 5.78 Å². The Morgan fingerprint density at radius 2 is 1.56 bits per heavy atom. The van der Waals surface area contributed by atoms with Crippen LogP contribution in [0, 0.1) is 0 Å². The van der Waals surface area contributed by atoms with Crippen LogP contribution in [0.15, 0.2) is 72.8 Å². The van der Waals surface area contributed by atoms with Gasteiger partial charge in [-0.1, -0.05) is 36.4 Å². The number of ketones is 1. The fourth-order valence-electron chi connectivity index (χ4n) is 5.02. The van der Waals surface area contributed by atoms with Crippen LogP contribution in [0.5, 0.6) is 11.5 Å². The number of nitrogens with zero attached hydrogens (tertiary/aromatic N) is 1. The smallest absolute Gasteiger partial charge is 0.193 e. The van der Waals surface area contributed by atoms with E-state index in [0.29, 0.717) is 12.2 Å². The van der Waals surface area contributed by atoms with Gasteiger partial charge in [-0.2, -0.15) is 0 Å². The highest BCUT2D eigenvalue weighted by molar-refractivity contribution is 6.35. The van der Waals surface area contributed by atoms with Crippen molar-refractivity contribution in [1.82, 2.24) is 4.90 Å². The van der Waals surface area contributed by atoms with E-state index >= 15 is 0 Å². The van der Waals surface area contributed by atoms with Crippen molar-refractivity contribution in [2.24, 2.45) is 0 Å². The molecule has 0 aromatic heterocycles. The van der Waals surface area contributed by atoms with Crippen LogP contribution in [0.1, 0.15) is 46.3 Å². The van der Waals surface area contributed by atoms with Crippen molar-refractivity contribution < 1.29 is 14.3 Å². The Morgan fingerprint density at radius 3 is 2.29 bits per heavy atom. The number of likely N-dealkylation sites (tertiary alicyclic amines) is 1. The third-order valence-electron chi connectivity index (χ3n) is 6.89. The fraction of sp³-hybridized carbons (Fsp3) is 0.300. The summed E-state index contributed by atoms with van der Waals surface area (Å²) in [7, 11) is 1.67. The number of hydrogen-bond acceptors (Lipinski definition) is 4. The fourth-order valence-corrected chi connectivity index (χ4v) is 5.02. The molecular weight excluding hydrogens is 422 g/mol. The van der Waals surface area contributed by atoms with E-state index in [2.05, 4.69) is 17.0 Å². The summed E-state index contributed by atoms with van der Waals surface area (Å²) in [6, 6.07) is 23.9. The molecule has 1 heterocycles. The van der Waals surface area contributed by atoms with Crippen LogP contribution in [-0.4, -0.2) is 44.0 Å². The average Bonchev–Trinajstić information content (AvgIpc) is 3.42. The van der Waals surface area contributed by atoms with Crippen molar-refractivity contribution >= 4 is 16.9 Å². The summed E-state index contributed by atoms with van der Waals surface area (Å²) in [6.45, 7) is 3.97. The molecule has 1 aliphatic heterocycles. The quantitative estimate of drug-likeness (QED) is 0.398. The summed E-state index contributed by atoms with van der Waals surface area (Å²) in [5.74, 6) is 1.68. The maximum Gasteiger partial charge on any atom is 0.193 e. The Labute approximate surface area is 201 Å². The van der Waals surface area contributed by atoms with Crippen LogP contribution in [0.3, 0.4) is 0 Å². The van der Waals surface area contributed by atoms with Gasteiger partial charge < -0.3 is 9.47 Å². The number of rotatable bonds is 8. The minimum Gasteiger partial charge on any atom is -0.497 e. The van der Waals surface area contributed by atoms with Gasteiger partial charge in [0, 0.05) is 17.7 Å². The molecule has 0 bridgehead atoms. The van der Waals surface area contributed by atoms with Crippen molar-refractivity contribution in [2.45, 2.75) is 25.7 Å². The number of allylic oxidation sites excluding steroid dienone is 2. The molecule has 3 aromatic rings. The monoisotopic (exact) mass is 453 g/mol. The first-order valence-electron chi connectivity index (χ1n) is 12.2. The van der Waals surface area contributed by atoms with Crippen LogP contribution < -0.4 is 9.47 Å². The first-order valence-corrected chi connectivity index (χ1v) is 12.2. The number of Topliss-reactive ketones (excluding diaryl/α,β-unsaturated/α-hetero) is 1. The van der Waals surface area contributed by atoms with Gasteiger partial charge in [0.25, 0.3) is 0 Å². The van der Waals surface area contributed by atoms with E-state index in [9.17, 15) is 4.79 Å². The predicted octanol–water partition coefficient (Wildman–Crippen LogP) is 5.91. The Morgan fingerprint density at radius 1 is 0.853 bits per heavy atom. The zero-order valence-corrected chi connectivity index (χ0v) is 19.8. The van der Waals surface area contributed by atoms with Crippen molar-refractivity contribution in [1.29, 1.82) is 0 Å². The second kappa shape index (κ2) is 10.3. The molecule has 0 unspecified atom stereocenters. The highest BCUT2D eigenvalue weighted by atomic mass is 16.5. The molecule has 0 spiro atoms. The van der Waals surface area contributed by atoms with E-state index in [4.69, 9.17) is 9.47 Å². The molecule has 1 fully saturated rings. The molecule has 4 nitrogen and oxygen atoms in total. The third kappa shape index (κ3) is 4.78. The van der Waals surface area contributed by atoms with Crippen LogP contribution >= 0.6 is 0 Å². The average molecular weight is 454 g/mol. The van der Waals surface area contributed by atoms with Crippen molar-refractivity contribution in [2.75, 3.05) is 33.4 Å². The lowest BCUT2D eigenvalue weighted by Gasteiger charge is -2.23. The molecule has 0 N–H and O–H groups in total. The normalized spacial score (nSPS) is 15.8. The molecule has 5 rings (SSSR count). The molecule has 0 saturated carbocycles. The summed E-state index contributed by atoms with van der Waals surface area (Å²) in [5, 5.41) is 0. The van der Waals surface area contributed by atoms with Crippen LogP contribution in [0.25, 0.3) is 11.1 Å².